The van der Waals surface area contributed by atoms with Crippen LogP contribution in [0.3, 0.4) is 0 Å². The van der Waals surface area contributed by atoms with Crippen LogP contribution in [0.25, 0.3) is 11.1 Å². The third kappa shape index (κ3) is 13.0. The lowest BCUT2D eigenvalue weighted by molar-refractivity contribution is -0.0328. The van der Waals surface area contributed by atoms with E-state index < -0.39 is 47.5 Å². The molecule has 2 aromatic rings. The molecular weight excluding hydrogens is 442 g/mol. The van der Waals surface area contributed by atoms with Gasteiger partial charge in [-0.05, 0) is 11.1 Å². The molecule has 0 saturated heterocycles. The van der Waals surface area contributed by atoms with Gasteiger partial charge in [0.25, 0.3) is 0 Å². The third-order valence-corrected chi connectivity index (χ3v) is 5.14. The van der Waals surface area contributed by atoms with Crippen LogP contribution in [0.2, 0.25) is 0 Å². The highest BCUT2D eigenvalue weighted by atomic mass is 31.3. The molecular formula is C17H26O11P2. The molecule has 0 spiro atoms. The van der Waals surface area contributed by atoms with Crippen LogP contribution in [-0.2, 0) is 13.4 Å². The van der Waals surface area contributed by atoms with Gasteiger partial charge in [-0.3, -0.25) is 0 Å². The molecule has 30 heavy (non-hydrogen) atoms. The van der Waals surface area contributed by atoms with E-state index >= 15 is 0 Å². The first-order valence-corrected chi connectivity index (χ1v) is 11.3. The topological polar surface area (TPSA) is 205 Å². The van der Waals surface area contributed by atoms with Crippen molar-refractivity contribution in [2.24, 2.45) is 5.41 Å². The van der Waals surface area contributed by atoms with Gasteiger partial charge in [-0.25, -0.2) is 9.13 Å². The second-order valence-corrected chi connectivity index (χ2v) is 8.54. The quantitative estimate of drug-likeness (QED) is 0.262. The molecule has 8 N–H and O–H groups in total. The smallest absolute Gasteiger partial charge is 0.396 e. The van der Waals surface area contributed by atoms with E-state index in [-0.39, 0.29) is 0 Å². The second-order valence-electron chi connectivity index (χ2n) is 5.93. The first-order chi connectivity index (χ1) is 13.9. The maximum atomic E-state index is 9.63. The number of aliphatic hydroxyl groups is 4. The summed E-state index contributed by atoms with van der Waals surface area (Å²) >= 11 is 0. The Hall–Kier alpha value is -1.46. The number of benzene rings is 2. The minimum atomic E-state index is -5.05. The summed E-state index contributed by atoms with van der Waals surface area (Å²) in [4.78, 5) is 31.0. The van der Waals surface area contributed by atoms with Gasteiger partial charge in [-0.15, -0.1) is 0 Å². The lowest BCUT2D eigenvalue weighted by Crippen LogP contribution is -2.37. The van der Waals surface area contributed by atoms with E-state index in [2.05, 4.69) is 52.8 Å². The summed E-state index contributed by atoms with van der Waals surface area (Å²) in [7, 11) is -10.1. The Morgan fingerprint density at radius 2 is 0.867 bits per heavy atom. The molecule has 0 atom stereocenters. The highest BCUT2D eigenvalue weighted by Crippen LogP contribution is 2.53. The average molecular weight is 468 g/mol. The zero-order valence-corrected chi connectivity index (χ0v) is 17.6. The van der Waals surface area contributed by atoms with E-state index in [1.54, 1.807) is 0 Å². The molecule has 0 unspecified atom stereocenters. The molecule has 2 rings (SSSR count). The van der Waals surface area contributed by atoms with E-state index in [4.69, 9.17) is 40.0 Å². The Kier molecular flexibility index (Phi) is 13.1. The van der Waals surface area contributed by atoms with E-state index in [0.717, 1.165) is 0 Å². The number of rotatable bonds is 7. The predicted molar refractivity (Wildman–Crippen MR) is 108 cm³/mol. The molecule has 0 fully saturated rings. The number of hydrogen-bond acceptors (Lipinski definition) is 7. The van der Waals surface area contributed by atoms with Gasteiger partial charge in [0.15, 0.2) is 0 Å². The van der Waals surface area contributed by atoms with Crippen molar-refractivity contribution in [3.05, 3.63) is 60.7 Å². The molecule has 13 heteroatoms. The maximum absolute atomic E-state index is 9.63. The summed E-state index contributed by atoms with van der Waals surface area (Å²) in [5, 5.41) is 34.0. The van der Waals surface area contributed by atoms with Crippen molar-refractivity contribution in [1.82, 2.24) is 0 Å². The van der Waals surface area contributed by atoms with Crippen LogP contribution in [0.5, 0.6) is 0 Å². The Bertz CT molecular complexity index is 711. The van der Waals surface area contributed by atoms with Crippen LogP contribution in [0.15, 0.2) is 60.7 Å². The van der Waals surface area contributed by atoms with Crippen LogP contribution >= 0.6 is 15.6 Å². The lowest BCUT2D eigenvalue weighted by Gasteiger charge is -2.23. The van der Waals surface area contributed by atoms with Crippen LogP contribution in [0, 0.1) is 5.41 Å². The summed E-state index contributed by atoms with van der Waals surface area (Å²) < 4.78 is 22.2. The van der Waals surface area contributed by atoms with Crippen molar-refractivity contribution in [3.8, 4) is 11.1 Å². The fourth-order valence-electron chi connectivity index (χ4n) is 1.70. The maximum Gasteiger partial charge on any atom is 0.478 e. The highest BCUT2D eigenvalue weighted by Gasteiger charge is 2.28. The molecule has 11 nitrogen and oxygen atoms in total. The van der Waals surface area contributed by atoms with Crippen molar-refractivity contribution in [2.75, 3.05) is 26.4 Å². The largest absolute Gasteiger partial charge is 0.478 e. The van der Waals surface area contributed by atoms with Crippen LogP contribution < -0.4 is 0 Å². The molecule has 0 bridgehead atoms. The molecule has 0 radical (unpaired) electrons. The number of phosphoric acid groups is 2. The Labute approximate surface area is 173 Å². The van der Waals surface area contributed by atoms with Crippen LogP contribution in [0.4, 0.5) is 0 Å². The Morgan fingerprint density at radius 3 is 1.00 bits per heavy atom. The average Bonchev–Trinajstić information content (AvgIpc) is 2.70. The fraction of sp³-hybridized carbons (Fsp3) is 0.294. The first kappa shape index (κ1) is 28.5. The van der Waals surface area contributed by atoms with Crippen molar-refractivity contribution < 1.29 is 53.4 Å². The van der Waals surface area contributed by atoms with Gasteiger partial charge >= 0.3 is 15.6 Å². The van der Waals surface area contributed by atoms with E-state index in [9.17, 15) is 9.13 Å². The Balaban J connectivity index is 0.000000430. The van der Waals surface area contributed by atoms with Gasteiger partial charge in [0.1, 0.15) is 0 Å². The van der Waals surface area contributed by atoms with Crippen molar-refractivity contribution in [1.29, 1.82) is 0 Å². The second kappa shape index (κ2) is 13.8. The minimum absolute atomic E-state index is 0.406. The minimum Gasteiger partial charge on any atom is -0.396 e. The monoisotopic (exact) mass is 468 g/mol. The summed E-state index contributed by atoms with van der Waals surface area (Å²) in [5.41, 5.74) is 1.44. The van der Waals surface area contributed by atoms with Gasteiger partial charge < -0.3 is 40.0 Å². The molecule has 0 saturated carbocycles. The zero-order valence-electron chi connectivity index (χ0n) is 15.8. The molecule has 0 aliphatic heterocycles. The van der Waals surface area contributed by atoms with E-state index in [0.29, 0.717) is 0 Å². The molecule has 0 amide bonds. The van der Waals surface area contributed by atoms with Gasteiger partial charge in [0, 0.05) is 0 Å². The Morgan fingerprint density at radius 1 is 0.600 bits per heavy atom. The molecule has 170 valence electrons. The van der Waals surface area contributed by atoms with Crippen molar-refractivity contribution in [2.45, 2.75) is 0 Å². The molecule has 0 aliphatic rings. The molecule has 2 aromatic carbocycles. The van der Waals surface area contributed by atoms with Gasteiger partial charge in [-0.2, -0.15) is 4.31 Å². The summed E-state index contributed by atoms with van der Waals surface area (Å²) in [6, 6.07) is 20.8. The van der Waals surface area contributed by atoms with Gasteiger partial charge in [0.05, 0.1) is 31.8 Å². The fourth-order valence-corrected chi connectivity index (χ4v) is 2.81. The summed E-state index contributed by atoms with van der Waals surface area (Å²) in [5.74, 6) is 0. The van der Waals surface area contributed by atoms with Crippen molar-refractivity contribution in [3.63, 3.8) is 0 Å². The number of hydrogen-bond donors (Lipinski definition) is 8. The normalized spacial score (nSPS) is 11.6. The lowest BCUT2D eigenvalue weighted by atomic mass is 9.93. The molecule has 0 heterocycles. The van der Waals surface area contributed by atoms with E-state index in [1.165, 1.54) is 11.1 Å². The van der Waals surface area contributed by atoms with Gasteiger partial charge in [-0.1, -0.05) is 60.7 Å². The SMILES string of the molecule is O=P(O)(O)OP(=O)(O)O.OCC(CO)(CO)CO.c1ccc(-c2ccccc2)cc1. The molecule has 0 aromatic heterocycles. The standard InChI is InChI=1S/C12H10.C5H12O4.H4O7P2/c1-3-7-11(8-4-1)12-9-5-2-6-10-12;6-1-5(2-7,3-8)4-9;1-8(2,3)7-9(4,5)6/h1-10H;6-9H,1-4H2;(H2,1,2,3)(H2,4,5,6). The molecule has 0 aliphatic carbocycles. The number of aliphatic hydroxyl groups excluding tert-OH is 4. The zero-order chi connectivity index (χ0) is 23.3. The third-order valence-electron chi connectivity index (χ3n) is 3.44. The van der Waals surface area contributed by atoms with Crippen LogP contribution in [0.1, 0.15) is 0 Å². The highest BCUT2D eigenvalue weighted by molar-refractivity contribution is 7.60. The first-order valence-electron chi connectivity index (χ1n) is 8.28. The summed E-state index contributed by atoms with van der Waals surface area (Å²) in [6.07, 6.45) is 0. The van der Waals surface area contributed by atoms with E-state index in [1.807, 2.05) is 12.1 Å². The summed E-state index contributed by atoms with van der Waals surface area (Å²) in [6.45, 7) is -1.62. The predicted octanol–water partition coefficient (Wildman–Crippen LogP) is 0.484. The van der Waals surface area contributed by atoms with Crippen LogP contribution in [-0.4, -0.2) is 66.4 Å². The van der Waals surface area contributed by atoms with Gasteiger partial charge in [0.2, 0.25) is 0 Å². The van der Waals surface area contributed by atoms with Crippen molar-refractivity contribution >= 4 is 15.6 Å².